The number of anilines is 1. The van der Waals surface area contributed by atoms with Gasteiger partial charge < -0.3 is 15.0 Å². The van der Waals surface area contributed by atoms with Crippen LogP contribution < -0.4 is 5.73 Å². The summed E-state index contributed by atoms with van der Waals surface area (Å²) in [5.74, 6) is 1.71. The van der Waals surface area contributed by atoms with Gasteiger partial charge in [-0.3, -0.25) is 0 Å². The van der Waals surface area contributed by atoms with Crippen molar-refractivity contribution >= 4 is 26.9 Å². The summed E-state index contributed by atoms with van der Waals surface area (Å²) in [4.78, 5) is 9.04. The summed E-state index contributed by atoms with van der Waals surface area (Å²) in [6.07, 6.45) is 2.24. The molecule has 1 aliphatic rings. The Morgan fingerprint density at radius 2 is 1.96 bits per heavy atom. The first-order valence-electron chi connectivity index (χ1n) is 9.52. The van der Waals surface area contributed by atoms with Gasteiger partial charge in [-0.2, -0.15) is 0 Å². The first-order chi connectivity index (χ1) is 12.8. The number of hydrogen-bond donors (Lipinski definition) is 1. The SMILES string of the molecule is CCc1nc2c(N)nc(C)c(C)c2n1CCOCCCN1CCCS1(=O)=O. The molecule has 2 aromatic heterocycles. The summed E-state index contributed by atoms with van der Waals surface area (Å²) in [5, 5.41) is 0. The van der Waals surface area contributed by atoms with E-state index < -0.39 is 10.0 Å². The van der Waals surface area contributed by atoms with E-state index in [0.717, 1.165) is 41.0 Å². The molecule has 0 radical (unpaired) electrons. The van der Waals surface area contributed by atoms with Crippen molar-refractivity contribution in [1.82, 2.24) is 18.8 Å². The van der Waals surface area contributed by atoms with Gasteiger partial charge in [0.05, 0.1) is 17.9 Å². The lowest BCUT2D eigenvalue weighted by atomic mass is 10.2. The van der Waals surface area contributed by atoms with Crippen molar-refractivity contribution in [2.24, 2.45) is 0 Å². The first-order valence-corrected chi connectivity index (χ1v) is 11.1. The fourth-order valence-electron chi connectivity index (χ4n) is 3.60. The highest BCUT2D eigenvalue weighted by molar-refractivity contribution is 7.89. The topological polar surface area (TPSA) is 103 Å². The molecule has 0 saturated carbocycles. The molecule has 0 aromatic carbocycles. The van der Waals surface area contributed by atoms with Crippen molar-refractivity contribution in [2.75, 3.05) is 37.8 Å². The Morgan fingerprint density at radius 1 is 1.19 bits per heavy atom. The van der Waals surface area contributed by atoms with E-state index in [9.17, 15) is 8.42 Å². The number of aromatic nitrogens is 3. The van der Waals surface area contributed by atoms with Gasteiger partial charge in [0.2, 0.25) is 10.0 Å². The van der Waals surface area contributed by atoms with Gasteiger partial charge in [0.15, 0.2) is 5.82 Å². The number of hydrogen-bond acceptors (Lipinski definition) is 6. The Kier molecular flexibility index (Phi) is 6.02. The molecule has 9 heteroatoms. The Morgan fingerprint density at radius 3 is 2.63 bits per heavy atom. The molecular formula is C18H29N5O3S. The van der Waals surface area contributed by atoms with Gasteiger partial charge in [-0.15, -0.1) is 0 Å². The van der Waals surface area contributed by atoms with Crippen molar-refractivity contribution in [1.29, 1.82) is 0 Å². The fourth-order valence-corrected chi connectivity index (χ4v) is 5.17. The van der Waals surface area contributed by atoms with Crippen LogP contribution in [0, 0.1) is 13.8 Å². The second-order valence-corrected chi connectivity index (χ2v) is 9.06. The molecule has 1 aliphatic heterocycles. The van der Waals surface area contributed by atoms with Crippen LogP contribution in [0.4, 0.5) is 5.82 Å². The number of fused-ring (bicyclic) bond motifs is 1. The maximum Gasteiger partial charge on any atom is 0.214 e. The minimum atomic E-state index is -3.01. The largest absolute Gasteiger partial charge is 0.382 e. The highest BCUT2D eigenvalue weighted by atomic mass is 32.2. The molecule has 0 bridgehead atoms. The van der Waals surface area contributed by atoms with Crippen LogP contribution in [0.3, 0.4) is 0 Å². The number of nitrogens with zero attached hydrogens (tertiary/aromatic N) is 4. The zero-order valence-electron chi connectivity index (χ0n) is 16.4. The van der Waals surface area contributed by atoms with E-state index >= 15 is 0 Å². The fraction of sp³-hybridized carbons (Fsp3) is 0.667. The molecule has 0 aliphatic carbocycles. The predicted molar refractivity (Wildman–Crippen MR) is 106 cm³/mol. The molecule has 0 amide bonds. The van der Waals surface area contributed by atoms with Crippen LogP contribution in [0.2, 0.25) is 0 Å². The van der Waals surface area contributed by atoms with E-state index in [1.54, 1.807) is 4.31 Å². The van der Waals surface area contributed by atoms with Crippen LogP contribution in [0.25, 0.3) is 11.0 Å². The second-order valence-electron chi connectivity index (χ2n) is 6.97. The number of nitrogen functional groups attached to an aromatic ring is 1. The van der Waals surface area contributed by atoms with Gasteiger partial charge in [-0.05, 0) is 32.3 Å². The zero-order valence-corrected chi connectivity index (χ0v) is 17.2. The van der Waals surface area contributed by atoms with Crippen molar-refractivity contribution < 1.29 is 13.2 Å². The predicted octanol–water partition coefficient (Wildman–Crippen LogP) is 1.63. The van der Waals surface area contributed by atoms with Crippen LogP contribution >= 0.6 is 0 Å². The summed E-state index contributed by atoms with van der Waals surface area (Å²) in [5.41, 5.74) is 9.86. The molecule has 150 valence electrons. The molecule has 8 nitrogen and oxygen atoms in total. The molecular weight excluding hydrogens is 366 g/mol. The van der Waals surface area contributed by atoms with E-state index in [-0.39, 0.29) is 5.75 Å². The maximum atomic E-state index is 11.8. The number of sulfonamides is 1. The Labute approximate surface area is 160 Å². The summed E-state index contributed by atoms with van der Waals surface area (Å²) in [6.45, 7) is 9.02. The molecule has 2 N–H and O–H groups in total. The molecule has 2 aromatic rings. The van der Waals surface area contributed by atoms with E-state index in [0.29, 0.717) is 45.1 Å². The van der Waals surface area contributed by atoms with Gasteiger partial charge in [-0.25, -0.2) is 22.7 Å². The standard InChI is InChI=1S/C18H29N5O3S/c1-4-15-21-16-17(13(2)14(3)20-18(16)19)23(15)9-11-26-10-5-7-22-8-6-12-27(22,24)25/h4-12H2,1-3H3,(H2,19,20). The number of nitrogens with two attached hydrogens (primary N) is 1. The van der Waals surface area contributed by atoms with Crippen molar-refractivity contribution in [3.8, 4) is 0 Å². The second kappa shape index (κ2) is 8.12. The first kappa shape index (κ1) is 20.0. The lowest BCUT2D eigenvalue weighted by molar-refractivity contribution is 0.120. The Balaban J connectivity index is 1.59. The molecule has 0 atom stereocenters. The molecule has 0 unspecified atom stereocenters. The minimum Gasteiger partial charge on any atom is -0.382 e. The van der Waals surface area contributed by atoms with Gasteiger partial charge >= 0.3 is 0 Å². The highest BCUT2D eigenvalue weighted by Gasteiger charge is 2.27. The molecule has 3 rings (SSSR count). The van der Waals surface area contributed by atoms with E-state index in [1.807, 2.05) is 13.8 Å². The van der Waals surface area contributed by atoms with Crippen molar-refractivity contribution in [3.63, 3.8) is 0 Å². The third-order valence-corrected chi connectivity index (χ3v) is 7.11. The van der Waals surface area contributed by atoms with Crippen molar-refractivity contribution in [2.45, 2.75) is 46.6 Å². The number of pyridine rings is 1. The smallest absolute Gasteiger partial charge is 0.214 e. The molecule has 0 spiro atoms. The molecule has 27 heavy (non-hydrogen) atoms. The van der Waals surface area contributed by atoms with Gasteiger partial charge in [0.1, 0.15) is 11.3 Å². The Bertz CT molecular complexity index is 923. The summed E-state index contributed by atoms with van der Waals surface area (Å²) < 4.78 is 33.1. The third-order valence-electron chi connectivity index (χ3n) is 5.15. The molecule has 1 saturated heterocycles. The van der Waals surface area contributed by atoms with Gasteiger partial charge in [-0.1, -0.05) is 6.92 Å². The third kappa shape index (κ3) is 4.09. The van der Waals surface area contributed by atoms with Gasteiger partial charge in [0, 0.05) is 38.4 Å². The highest BCUT2D eigenvalue weighted by Crippen LogP contribution is 2.26. The van der Waals surface area contributed by atoms with E-state index in [1.165, 1.54) is 0 Å². The quantitative estimate of drug-likeness (QED) is 0.682. The normalized spacial score (nSPS) is 17.1. The average Bonchev–Trinajstić information content (AvgIpc) is 3.16. The zero-order chi connectivity index (χ0) is 19.6. The number of rotatable bonds is 8. The number of aryl methyl sites for hydroxylation is 3. The van der Waals surface area contributed by atoms with E-state index in [4.69, 9.17) is 10.5 Å². The summed E-state index contributed by atoms with van der Waals surface area (Å²) in [7, 11) is -3.01. The molecule has 3 heterocycles. The lowest BCUT2D eigenvalue weighted by Crippen LogP contribution is -2.27. The monoisotopic (exact) mass is 395 g/mol. The van der Waals surface area contributed by atoms with Gasteiger partial charge in [0.25, 0.3) is 0 Å². The van der Waals surface area contributed by atoms with Crippen molar-refractivity contribution in [3.05, 3.63) is 17.1 Å². The maximum absolute atomic E-state index is 11.8. The number of ether oxygens (including phenoxy) is 1. The average molecular weight is 396 g/mol. The van der Waals surface area contributed by atoms with Crippen LogP contribution in [0.1, 0.15) is 36.8 Å². The van der Waals surface area contributed by atoms with E-state index in [2.05, 4.69) is 21.5 Å². The lowest BCUT2D eigenvalue weighted by Gasteiger charge is -2.14. The Hall–Kier alpha value is -1.71. The minimum absolute atomic E-state index is 0.276. The summed E-state index contributed by atoms with van der Waals surface area (Å²) >= 11 is 0. The molecule has 1 fully saturated rings. The van der Waals surface area contributed by atoms with Crippen LogP contribution in [0.5, 0.6) is 0 Å². The number of imidazole rings is 1. The van der Waals surface area contributed by atoms with Crippen LogP contribution in [0.15, 0.2) is 0 Å². The van der Waals surface area contributed by atoms with Crippen LogP contribution in [-0.4, -0.2) is 59.3 Å². The summed E-state index contributed by atoms with van der Waals surface area (Å²) in [6, 6.07) is 0. The van der Waals surface area contributed by atoms with Crippen LogP contribution in [-0.2, 0) is 27.7 Å².